The number of urea groups is 1. The third kappa shape index (κ3) is 2.76. The third-order valence-corrected chi connectivity index (χ3v) is 5.31. The van der Waals surface area contributed by atoms with Gasteiger partial charge in [-0.1, -0.05) is 18.2 Å². The van der Waals surface area contributed by atoms with Crippen LogP contribution in [-0.2, 0) is 4.74 Å². The Kier molecular flexibility index (Phi) is 4.36. The Morgan fingerprint density at radius 3 is 2.64 bits per heavy atom. The summed E-state index contributed by atoms with van der Waals surface area (Å²) in [6.45, 7) is 1.18. The van der Waals surface area contributed by atoms with Crippen molar-refractivity contribution in [2.75, 3.05) is 25.2 Å². The highest BCUT2D eigenvalue weighted by Crippen LogP contribution is 2.45. The molecule has 1 aromatic carbocycles. The largest absolute Gasteiger partial charge is 0.383 e. The first-order valence-corrected chi connectivity index (χ1v) is 8.70. The number of hydrogen-bond donors (Lipinski definition) is 0. The predicted octanol–water partition coefficient (Wildman–Crippen LogP) is 2.68. The van der Waals surface area contributed by atoms with Gasteiger partial charge in [-0.2, -0.15) is 0 Å². The topological polar surface area (TPSA) is 58.6 Å². The van der Waals surface area contributed by atoms with Crippen LogP contribution in [0.15, 0.2) is 49.1 Å². The molecule has 2 amide bonds. The Morgan fingerprint density at radius 1 is 1.16 bits per heavy atom. The summed E-state index contributed by atoms with van der Waals surface area (Å²) in [5.41, 5.74) is 2.06. The Bertz CT molecular complexity index is 725. The van der Waals surface area contributed by atoms with Gasteiger partial charge in [-0.15, -0.1) is 0 Å². The number of rotatable bonds is 5. The minimum Gasteiger partial charge on any atom is -0.383 e. The molecule has 3 atom stereocenters. The lowest BCUT2D eigenvalue weighted by Crippen LogP contribution is -2.38. The van der Waals surface area contributed by atoms with E-state index in [0.717, 1.165) is 24.1 Å². The second-order valence-electron chi connectivity index (χ2n) is 6.59. The molecule has 6 nitrogen and oxygen atoms in total. The van der Waals surface area contributed by atoms with Crippen molar-refractivity contribution in [1.82, 2.24) is 14.9 Å². The minimum absolute atomic E-state index is 0.0693. The number of fused-ring (bicyclic) bond motifs is 1. The number of carbonyl (C=O) groups excluding carboxylic acids is 1. The fourth-order valence-corrected chi connectivity index (χ4v) is 4.25. The van der Waals surface area contributed by atoms with Gasteiger partial charge in [-0.3, -0.25) is 4.90 Å². The Morgan fingerprint density at radius 2 is 1.92 bits per heavy atom. The molecule has 2 aliphatic rings. The van der Waals surface area contributed by atoms with Crippen molar-refractivity contribution in [2.45, 2.75) is 30.8 Å². The van der Waals surface area contributed by atoms with Crippen LogP contribution in [0.5, 0.6) is 0 Å². The first-order valence-electron chi connectivity index (χ1n) is 8.70. The molecule has 6 heteroatoms. The van der Waals surface area contributed by atoms with Crippen LogP contribution in [0.25, 0.3) is 0 Å². The van der Waals surface area contributed by atoms with Gasteiger partial charge in [0.15, 0.2) is 0 Å². The molecule has 1 aliphatic carbocycles. The van der Waals surface area contributed by atoms with Crippen molar-refractivity contribution in [2.24, 2.45) is 0 Å². The van der Waals surface area contributed by atoms with E-state index in [-0.39, 0.29) is 24.0 Å². The Labute approximate surface area is 147 Å². The molecule has 1 aliphatic heterocycles. The normalized spacial score (nSPS) is 25.5. The number of para-hydroxylation sites is 1. The molecule has 4 rings (SSSR count). The number of benzene rings is 1. The summed E-state index contributed by atoms with van der Waals surface area (Å²) < 4.78 is 5.22. The van der Waals surface area contributed by atoms with E-state index in [4.69, 9.17) is 4.74 Å². The molecule has 1 saturated carbocycles. The van der Waals surface area contributed by atoms with Crippen molar-refractivity contribution < 1.29 is 9.53 Å². The smallest absolute Gasteiger partial charge is 0.325 e. The number of nitrogens with zero attached hydrogens (tertiary/aromatic N) is 4. The molecule has 0 spiro atoms. The van der Waals surface area contributed by atoms with Crippen molar-refractivity contribution in [3.05, 3.63) is 54.6 Å². The number of hydrogen-bond acceptors (Lipinski definition) is 4. The second kappa shape index (κ2) is 6.80. The lowest BCUT2D eigenvalue weighted by atomic mass is 9.94. The number of aromatic nitrogens is 2. The average Bonchev–Trinajstić information content (AvgIpc) is 3.19. The van der Waals surface area contributed by atoms with Gasteiger partial charge in [-0.25, -0.2) is 14.8 Å². The highest BCUT2D eigenvalue weighted by molar-refractivity contribution is 5.96. The second-order valence-corrected chi connectivity index (χ2v) is 6.59. The standard InChI is InChI=1S/C19H22N4O2/c1-25-10-9-22-17-8-7-16(14-11-20-13-21-12-14)18(17)23(19(22)24)15-5-3-2-4-6-15/h2-6,11-13,16-18H,7-10H2,1H3/t16-,17-,18+/m0/s1. The van der Waals surface area contributed by atoms with E-state index in [2.05, 4.69) is 9.97 Å². The molecule has 0 bridgehead atoms. The molecule has 1 aromatic heterocycles. The summed E-state index contributed by atoms with van der Waals surface area (Å²) in [5, 5.41) is 0. The Hall–Kier alpha value is -2.47. The van der Waals surface area contributed by atoms with Gasteiger partial charge in [0, 0.05) is 37.7 Å². The zero-order chi connectivity index (χ0) is 17.2. The highest BCUT2D eigenvalue weighted by atomic mass is 16.5. The fraction of sp³-hybridized carbons (Fsp3) is 0.421. The molecule has 2 aromatic rings. The van der Waals surface area contributed by atoms with Crippen LogP contribution < -0.4 is 4.90 Å². The summed E-state index contributed by atoms with van der Waals surface area (Å²) in [6, 6.07) is 10.3. The van der Waals surface area contributed by atoms with Crippen LogP contribution >= 0.6 is 0 Å². The average molecular weight is 338 g/mol. The lowest BCUT2D eigenvalue weighted by Gasteiger charge is -2.27. The number of methoxy groups -OCH3 is 1. The first kappa shape index (κ1) is 16.0. The predicted molar refractivity (Wildman–Crippen MR) is 94.5 cm³/mol. The number of anilines is 1. The highest BCUT2D eigenvalue weighted by Gasteiger charge is 2.53. The van der Waals surface area contributed by atoms with Crippen molar-refractivity contribution in [1.29, 1.82) is 0 Å². The van der Waals surface area contributed by atoms with E-state index in [1.54, 1.807) is 13.4 Å². The van der Waals surface area contributed by atoms with E-state index < -0.39 is 0 Å². The van der Waals surface area contributed by atoms with E-state index in [1.807, 2.05) is 52.5 Å². The quantitative estimate of drug-likeness (QED) is 0.841. The van der Waals surface area contributed by atoms with Crippen LogP contribution in [0.3, 0.4) is 0 Å². The van der Waals surface area contributed by atoms with Gasteiger partial charge >= 0.3 is 6.03 Å². The van der Waals surface area contributed by atoms with Crippen molar-refractivity contribution in [3.8, 4) is 0 Å². The van der Waals surface area contributed by atoms with E-state index in [1.165, 1.54) is 0 Å². The summed E-state index contributed by atoms with van der Waals surface area (Å²) in [4.78, 5) is 25.5. The zero-order valence-electron chi connectivity index (χ0n) is 14.3. The lowest BCUT2D eigenvalue weighted by molar-refractivity contribution is 0.146. The Balaban J connectivity index is 1.72. The maximum absolute atomic E-state index is 13.2. The molecule has 0 unspecified atom stereocenters. The van der Waals surface area contributed by atoms with Gasteiger partial charge in [0.1, 0.15) is 6.33 Å². The van der Waals surface area contributed by atoms with Crippen LogP contribution in [0.2, 0.25) is 0 Å². The summed E-state index contributed by atoms with van der Waals surface area (Å²) in [5.74, 6) is 0.253. The molecule has 1 saturated heterocycles. The molecule has 130 valence electrons. The van der Waals surface area contributed by atoms with Gasteiger partial charge < -0.3 is 9.64 Å². The summed E-state index contributed by atoms with van der Waals surface area (Å²) >= 11 is 0. The molecular weight excluding hydrogens is 316 g/mol. The van der Waals surface area contributed by atoms with Crippen molar-refractivity contribution >= 4 is 11.7 Å². The maximum Gasteiger partial charge on any atom is 0.325 e. The van der Waals surface area contributed by atoms with Crippen LogP contribution in [0.1, 0.15) is 24.3 Å². The van der Waals surface area contributed by atoms with E-state index in [0.29, 0.717) is 13.2 Å². The van der Waals surface area contributed by atoms with Gasteiger partial charge in [0.25, 0.3) is 0 Å². The van der Waals surface area contributed by atoms with E-state index >= 15 is 0 Å². The summed E-state index contributed by atoms with van der Waals surface area (Å²) in [7, 11) is 1.67. The van der Waals surface area contributed by atoms with Gasteiger partial charge in [0.2, 0.25) is 0 Å². The third-order valence-electron chi connectivity index (χ3n) is 5.31. The van der Waals surface area contributed by atoms with Crippen molar-refractivity contribution in [3.63, 3.8) is 0 Å². The van der Waals surface area contributed by atoms with Gasteiger partial charge in [0.05, 0.1) is 18.7 Å². The van der Waals surface area contributed by atoms with E-state index in [9.17, 15) is 4.79 Å². The molecule has 2 heterocycles. The molecule has 25 heavy (non-hydrogen) atoms. The molecule has 0 radical (unpaired) electrons. The number of carbonyl (C=O) groups is 1. The maximum atomic E-state index is 13.2. The molecule has 0 N–H and O–H groups in total. The SMILES string of the molecule is COCCN1C(=O)N(c2ccccc2)[C@@H]2[C@H](c3cncnc3)CC[C@@H]21. The van der Waals surface area contributed by atoms with Crippen LogP contribution in [0.4, 0.5) is 10.5 Å². The molecular formula is C19H22N4O2. The van der Waals surface area contributed by atoms with Crippen LogP contribution in [-0.4, -0.2) is 53.2 Å². The van der Waals surface area contributed by atoms with Gasteiger partial charge in [-0.05, 0) is 30.5 Å². The monoisotopic (exact) mass is 338 g/mol. The van der Waals surface area contributed by atoms with Crippen LogP contribution in [0, 0.1) is 0 Å². The molecule has 2 fully saturated rings. The summed E-state index contributed by atoms with van der Waals surface area (Å²) in [6.07, 6.45) is 7.33. The zero-order valence-corrected chi connectivity index (χ0v) is 14.3. The number of amides is 2. The minimum atomic E-state index is 0.0693. The fourth-order valence-electron chi connectivity index (χ4n) is 4.25. The number of ether oxygens (including phenoxy) is 1. The first-order chi connectivity index (χ1) is 12.3.